The third-order valence-electron chi connectivity index (χ3n) is 4.58. The van der Waals surface area contributed by atoms with Gasteiger partial charge in [-0.2, -0.15) is 0 Å². The molecule has 1 aliphatic heterocycles. The van der Waals surface area contributed by atoms with Gasteiger partial charge < -0.3 is 18.8 Å². The number of esters is 1. The van der Waals surface area contributed by atoms with Gasteiger partial charge in [0.25, 0.3) is 5.91 Å². The molecule has 0 unspecified atom stereocenters. The van der Waals surface area contributed by atoms with Crippen molar-refractivity contribution < 1.29 is 23.5 Å². The standard InChI is InChI=1S/C19H23NO5/c1-3-24-19(22)13-8-10-20(11-9-13)18(21)17-15(12-23-2)14-6-4-5-7-16(14)25-17/h4-7,13H,3,8-12H2,1-2H3. The minimum absolute atomic E-state index is 0.127. The number of rotatable bonds is 5. The van der Waals surface area contributed by atoms with Crippen LogP contribution in [-0.4, -0.2) is 43.6 Å². The third-order valence-corrected chi connectivity index (χ3v) is 4.58. The van der Waals surface area contributed by atoms with Gasteiger partial charge in [0, 0.05) is 31.1 Å². The Morgan fingerprint density at radius 3 is 2.64 bits per heavy atom. The summed E-state index contributed by atoms with van der Waals surface area (Å²) in [6.07, 6.45) is 1.23. The van der Waals surface area contributed by atoms with Gasteiger partial charge in [-0.15, -0.1) is 0 Å². The molecule has 6 nitrogen and oxygen atoms in total. The Hall–Kier alpha value is -2.34. The summed E-state index contributed by atoms with van der Waals surface area (Å²) in [7, 11) is 1.60. The van der Waals surface area contributed by atoms with Crippen LogP contribution >= 0.6 is 0 Å². The number of likely N-dealkylation sites (tertiary alicyclic amines) is 1. The van der Waals surface area contributed by atoms with Crippen molar-refractivity contribution in [1.29, 1.82) is 0 Å². The number of piperidine rings is 1. The number of methoxy groups -OCH3 is 1. The van der Waals surface area contributed by atoms with E-state index in [-0.39, 0.29) is 17.8 Å². The lowest BCUT2D eigenvalue weighted by Crippen LogP contribution is -2.40. The second kappa shape index (κ2) is 7.70. The number of ether oxygens (including phenoxy) is 2. The molecule has 1 saturated heterocycles. The molecule has 0 atom stereocenters. The highest BCUT2D eigenvalue weighted by Crippen LogP contribution is 2.29. The molecule has 0 radical (unpaired) electrons. The number of furan rings is 1. The fourth-order valence-corrected chi connectivity index (χ4v) is 3.28. The molecule has 1 aliphatic rings. The zero-order valence-electron chi connectivity index (χ0n) is 14.6. The van der Waals surface area contributed by atoms with E-state index in [1.165, 1.54) is 0 Å². The molecule has 6 heteroatoms. The van der Waals surface area contributed by atoms with Gasteiger partial charge in [0.05, 0.1) is 19.1 Å². The van der Waals surface area contributed by atoms with E-state index in [0.29, 0.717) is 50.5 Å². The van der Waals surface area contributed by atoms with E-state index < -0.39 is 0 Å². The zero-order valence-corrected chi connectivity index (χ0v) is 14.6. The number of carbonyl (C=O) groups is 2. The zero-order chi connectivity index (χ0) is 17.8. The molecule has 25 heavy (non-hydrogen) atoms. The van der Waals surface area contributed by atoms with Crippen molar-refractivity contribution in [2.75, 3.05) is 26.8 Å². The van der Waals surface area contributed by atoms with Crippen LogP contribution in [0.1, 0.15) is 35.9 Å². The maximum absolute atomic E-state index is 12.9. The van der Waals surface area contributed by atoms with Gasteiger partial charge in [0.2, 0.25) is 0 Å². The molecule has 3 rings (SSSR count). The van der Waals surface area contributed by atoms with Crippen LogP contribution in [0.3, 0.4) is 0 Å². The fourth-order valence-electron chi connectivity index (χ4n) is 3.28. The molecular formula is C19H23NO5. The van der Waals surface area contributed by atoms with Crippen molar-refractivity contribution in [3.05, 3.63) is 35.6 Å². The molecule has 0 spiro atoms. The molecule has 1 aromatic carbocycles. The van der Waals surface area contributed by atoms with Crippen molar-refractivity contribution in [3.8, 4) is 0 Å². The van der Waals surface area contributed by atoms with Crippen LogP contribution in [0.15, 0.2) is 28.7 Å². The summed E-state index contributed by atoms with van der Waals surface area (Å²) in [6, 6.07) is 7.56. The molecule has 2 aromatic rings. The summed E-state index contributed by atoms with van der Waals surface area (Å²) in [5, 5.41) is 0.897. The molecule has 0 aliphatic carbocycles. The summed E-state index contributed by atoms with van der Waals surface area (Å²) in [6.45, 7) is 3.54. The first kappa shape index (κ1) is 17.5. The van der Waals surface area contributed by atoms with Gasteiger partial charge >= 0.3 is 5.97 Å². The van der Waals surface area contributed by atoms with Crippen molar-refractivity contribution in [1.82, 2.24) is 4.90 Å². The quantitative estimate of drug-likeness (QED) is 0.779. The van der Waals surface area contributed by atoms with Crippen molar-refractivity contribution in [2.45, 2.75) is 26.4 Å². The van der Waals surface area contributed by atoms with Gasteiger partial charge in [-0.3, -0.25) is 9.59 Å². The molecular weight excluding hydrogens is 322 g/mol. The maximum Gasteiger partial charge on any atom is 0.309 e. The number of fused-ring (bicyclic) bond motifs is 1. The van der Waals surface area contributed by atoms with E-state index >= 15 is 0 Å². The SMILES string of the molecule is CCOC(=O)C1CCN(C(=O)c2oc3ccccc3c2COC)CC1. The van der Waals surface area contributed by atoms with E-state index in [1.54, 1.807) is 18.9 Å². The number of carbonyl (C=O) groups excluding carboxylic acids is 2. The molecule has 0 N–H and O–H groups in total. The first-order valence-electron chi connectivity index (χ1n) is 8.61. The predicted molar refractivity (Wildman–Crippen MR) is 92.2 cm³/mol. The van der Waals surface area contributed by atoms with Crippen LogP contribution in [0.2, 0.25) is 0 Å². The Labute approximate surface area is 146 Å². The molecule has 1 fully saturated rings. The number of para-hydroxylation sites is 1. The summed E-state index contributed by atoms with van der Waals surface area (Å²) < 4.78 is 16.1. The van der Waals surface area contributed by atoms with Crippen molar-refractivity contribution >= 4 is 22.8 Å². The molecule has 0 saturated carbocycles. The number of hydrogen-bond donors (Lipinski definition) is 0. The second-order valence-electron chi connectivity index (χ2n) is 6.16. The van der Waals surface area contributed by atoms with Gasteiger partial charge in [0.15, 0.2) is 5.76 Å². The van der Waals surface area contributed by atoms with Crippen LogP contribution in [0.5, 0.6) is 0 Å². The van der Waals surface area contributed by atoms with Crippen molar-refractivity contribution in [3.63, 3.8) is 0 Å². The number of nitrogens with zero attached hydrogens (tertiary/aromatic N) is 1. The summed E-state index contributed by atoms with van der Waals surface area (Å²) in [4.78, 5) is 26.5. The van der Waals surface area contributed by atoms with Gasteiger partial charge in [-0.1, -0.05) is 18.2 Å². The first-order chi connectivity index (χ1) is 12.2. The minimum atomic E-state index is -0.168. The number of benzene rings is 1. The molecule has 2 heterocycles. The molecule has 1 aromatic heterocycles. The molecule has 0 bridgehead atoms. The summed E-state index contributed by atoms with van der Waals surface area (Å²) >= 11 is 0. The lowest BCUT2D eigenvalue weighted by atomic mass is 9.96. The average Bonchev–Trinajstić information content (AvgIpc) is 3.00. The normalized spacial score (nSPS) is 15.5. The highest BCUT2D eigenvalue weighted by atomic mass is 16.5. The Kier molecular flexibility index (Phi) is 5.38. The lowest BCUT2D eigenvalue weighted by Gasteiger charge is -2.30. The van der Waals surface area contributed by atoms with E-state index in [4.69, 9.17) is 13.9 Å². The van der Waals surface area contributed by atoms with Crippen LogP contribution < -0.4 is 0 Å². The van der Waals surface area contributed by atoms with Gasteiger partial charge in [0.1, 0.15) is 5.58 Å². The molecule has 1 amide bonds. The highest BCUT2D eigenvalue weighted by molar-refractivity contribution is 5.99. The smallest absolute Gasteiger partial charge is 0.309 e. The second-order valence-corrected chi connectivity index (χ2v) is 6.16. The topological polar surface area (TPSA) is 69.0 Å². The largest absolute Gasteiger partial charge is 0.466 e. The summed E-state index contributed by atoms with van der Waals surface area (Å²) in [5.74, 6) is -0.111. The average molecular weight is 345 g/mol. The Bertz CT molecular complexity index is 758. The van der Waals surface area contributed by atoms with E-state index in [1.807, 2.05) is 24.3 Å². The van der Waals surface area contributed by atoms with Gasteiger partial charge in [-0.25, -0.2) is 0 Å². The third kappa shape index (κ3) is 3.54. The Balaban J connectivity index is 1.77. The monoisotopic (exact) mass is 345 g/mol. The van der Waals surface area contributed by atoms with Crippen LogP contribution in [0.25, 0.3) is 11.0 Å². The lowest BCUT2D eigenvalue weighted by molar-refractivity contribution is -0.149. The first-order valence-corrected chi connectivity index (χ1v) is 8.61. The number of hydrogen-bond acceptors (Lipinski definition) is 5. The van der Waals surface area contributed by atoms with Crippen molar-refractivity contribution in [2.24, 2.45) is 5.92 Å². The van der Waals surface area contributed by atoms with Crippen LogP contribution in [0, 0.1) is 5.92 Å². The number of amides is 1. The fraction of sp³-hybridized carbons (Fsp3) is 0.474. The van der Waals surface area contributed by atoms with Crippen LogP contribution in [-0.2, 0) is 20.9 Å². The van der Waals surface area contributed by atoms with E-state index in [9.17, 15) is 9.59 Å². The molecule has 134 valence electrons. The maximum atomic E-state index is 12.9. The van der Waals surface area contributed by atoms with Crippen LogP contribution in [0.4, 0.5) is 0 Å². The summed E-state index contributed by atoms with van der Waals surface area (Å²) in [5.41, 5.74) is 1.45. The van der Waals surface area contributed by atoms with E-state index in [0.717, 1.165) is 10.9 Å². The minimum Gasteiger partial charge on any atom is -0.466 e. The Morgan fingerprint density at radius 2 is 1.96 bits per heavy atom. The van der Waals surface area contributed by atoms with E-state index in [2.05, 4.69) is 0 Å². The highest BCUT2D eigenvalue weighted by Gasteiger charge is 2.31. The Morgan fingerprint density at radius 1 is 1.24 bits per heavy atom. The predicted octanol–water partition coefficient (Wildman–Crippen LogP) is 2.99. The van der Waals surface area contributed by atoms with Gasteiger partial charge in [-0.05, 0) is 25.8 Å².